The molecule has 19 heavy (non-hydrogen) atoms. The van der Waals surface area contributed by atoms with Crippen LogP contribution in [0.4, 0.5) is 0 Å². The zero-order chi connectivity index (χ0) is 12.2. The van der Waals surface area contributed by atoms with Crippen molar-refractivity contribution in [2.75, 3.05) is 0 Å². The van der Waals surface area contributed by atoms with Crippen LogP contribution in [0.1, 0.15) is 0 Å². The molecule has 2 aliphatic heterocycles. The van der Waals surface area contributed by atoms with Crippen LogP contribution < -0.4 is 0 Å². The monoisotopic (exact) mass is 246 g/mol. The van der Waals surface area contributed by atoms with Crippen LogP contribution in [-0.4, -0.2) is 11.2 Å². The van der Waals surface area contributed by atoms with E-state index in [-0.39, 0.29) is 11.2 Å². The first-order valence-corrected chi connectivity index (χ1v) is 6.66. The van der Waals surface area contributed by atoms with Crippen molar-refractivity contribution in [1.82, 2.24) is 0 Å². The Morgan fingerprint density at radius 2 is 2.00 bits per heavy atom. The van der Waals surface area contributed by atoms with Crippen LogP contribution in [-0.2, 0) is 9.47 Å². The lowest BCUT2D eigenvalue weighted by molar-refractivity contribution is 0.319. The fraction of sp³-hybridized carbons (Fsp3) is 0.176. The third-order valence-electron chi connectivity index (χ3n) is 4.98. The van der Waals surface area contributed by atoms with E-state index >= 15 is 0 Å². The zero-order valence-electron chi connectivity index (χ0n) is 10.1. The van der Waals surface area contributed by atoms with Crippen LogP contribution >= 0.6 is 0 Å². The Bertz CT molecular complexity index is 784. The van der Waals surface area contributed by atoms with Crippen LogP contribution in [0.5, 0.6) is 0 Å². The summed E-state index contributed by atoms with van der Waals surface area (Å²) < 4.78 is 11.8. The summed E-state index contributed by atoms with van der Waals surface area (Å²) in [6, 6.07) is 0. The largest absolute Gasteiger partial charge is 0.474 e. The summed E-state index contributed by atoms with van der Waals surface area (Å²) >= 11 is 0. The molecular weight excluding hydrogens is 236 g/mol. The standard InChI is InChI=1S/C17H10O2/c1-2-8-16-12(3-1)11-6-4-10-5-7-14-17(10,19-14)13(11)9-15(16)18-16/h1-9,12H/t12-,16-,17+/m1/s1. The van der Waals surface area contributed by atoms with E-state index in [4.69, 9.17) is 9.47 Å². The van der Waals surface area contributed by atoms with Gasteiger partial charge in [-0.15, -0.1) is 0 Å². The molecule has 0 amide bonds. The molecule has 0 radical (unpaired) electrons. The van der Waals surface area contributed by atoms with E-state index in [9.17, 15) is 0 Å². The van der Waals surface area contributed by atoms with E-state index in [1.807, 2.05) is 0 Å². The number of rotatable bonds is 0. The summed E-state index contributed by atoms with van der Waals surface area (Å²) in [5.41, 5.74) is 3.42. The summed E-state index contributed by atoms with van der Waals surface area (Å²) in [4.78, 5) is 0. The third-order valence-corrected chi connectivity index (χ3v) is 4.98. The van der Waals surface area contributed by atoms with Gasteiger partial charge in [-0.3, -0.25) is 0 Å². The SMILES string of the molecule is C1=C[C@@H]2C3=C(C=C4O[C@@]42C=C1)[C@]12OC1=CC=C2C=C3. The second-order valence-corrected chi connectivity index (χ2v) is 5.76. The molecule has 2 saturated heterocycles. The van der Waals surface area contributed by atoms with Gasteiger partial charge in [0, 0.05) is 11.1 Å². The molecular formula is C17H10O2. The molecule has 90 valence electrons. The van der Waals surface area contributed by atoms with Crippen molar-refractivity contribution in [3.8, 4) is 0 Å². The number of epoxide rings is 2. The molecule has 2 spiro atoms. The second-order valence-electron chi connectivity index (χ2n) is 5.76. The molecule has 6 rings (SSSR count). The van der Waals surface area contributed by atoms with Gasteiger partial charge in [0.1, 0.15) is 5.76 Å². The van der Waals surface area contributed by atoms with E-state index in [2.05, 4.69) is 54.7 Å². The quantitative estimate of drug-likeness (QED) is 0.614. The van der Waals surface area contributed by atoms with Crippen LogP contribution in [0.2, 0.25) is 0 Å². The van der Waals surface area contributed by atoms with Gasteiger partial charge in [-0.05, 0) is 23.8 Å². The number of hydrogen-bond acceptors (Lipinski definition) is 2. The van der Waals surface area contributed by atoms with Crippen LogP contribution in [0, 0.1) is 5.92 Å². The molecule has 2 heterocycles. The number of fused-ring (bicyclic) bond motifs is 1. The Kier molecular flexibility index (Phi) is 1.06. The van der Waals surface area contributed by atoms with Crippen molar-refractivity contribution in [1.29, 1.82) is 0 Å². The van der Waals surface area contributed by atoms with E-state index in [0.717, 1.165) is 11.5 Å². The lowest BCUT2D eigenvalue weighted by Gasteiger charge is -2.29. The highest BCUT2D eigenvalue weighted by molar-refractivity contribution is 5.73. The van der Waals surface area contributed by atoms with E-state index in [1.54, 1.807) is 0 Å². The van der Waals surface area contributed by atoms with Crippen molar-refractivity contribution >= 4 is 0 Å². The molecule has 0 aromatic rings. The van der Waals surface area contributed by atoms with E-state index in [1.165, 1.54) is 16.7 Å². The molecule has 2 heteroatoms. The molecule has 2 nitrogen and oxygen atoms in total. The molecule has 6 aliphatic rings. The first-order valence-electron chi connectivity index (χ1n) is 6.66. The molecule has 0 N–H and O–H groups in total. The molecule has 4 aliphatic carbocycles. The number of allylic oxidation sites excluding steroid dienone is 5. The predicted octanol–water partition coefficient (Wildman–Crippen LogP) is 2.85. The Labute approximate surface area is 110 Å². The van der Waals surface area contributed by atoms with Crippen molar-refractivity contribution in [3.63, 3.8) is 0 Å². The molecule has 0 unspecified atom stereocenters. The highest BCUT2D eigenvalue weighted by Gasteiger charge is 2.67. The van der Waals surface area contributed by atoms with Gasteiger partial charge in [0.15, 0.2) is 11.4 Å². The Morgan fingerprint density at radius 3 is 2.95 bits per heavy atom. The normalized spacial score (nSPS) is 44.6. The van der Waals surface area contributed by atoms with Gasteiger partial charge in [-0.2, -0.15) is 0 Å². The molecule has 2 fully saturated rings. The number of ether oxygens (including phenoxy) is 2. The van der Waals surface area contributed by atoms with Crippen molar-refractivity contribution < 1.29 is 9.47 Å². The smallest absolute Gasteiger partial charge is 0.216 e. The van der Waals surface area contributed by atoms with Gasteiger partial charge < -0.3 is 9.47 Å². The Balaban J connectivity index is 1.64. The fourth-order valence-corrected chi connectivity index (χ4v) is 3.94. The van der Waals surface area contributed by atoms with Crippen molar-refractivity contribution in [2.24, 2.45) is 5.92 Å². The molecule has 0 bridgehead atoms. The maximum atomic E-state index is 5.93. The minimum absolute atomic E-state index is 0.187. The summed E-state index contributed by atoms with van der Waals surface area (Å²) in [6.07, 6.45) is 19.5. The maximum Gasteiger partial charge on any atom is 0.216 e. The van der Waals surface area contributed by atoms with Crippen LogP contribution in [0.15, 0.2) is 82.9 Å². The summed E-state index contributed by atoms with van der Waals surface area (Å²) in [5, 5.41) is 0. The predicted molar refractivity (Wildman–Crippen MR) is 69.8 cm³/mol. The minimum atomic E-state index is -0.260. The van der Waals surface area contributed by atoms with Gasteiger partial charge >= 0.3 is 0 Å². The lowest BCUT2D eigenvalue weighted by atomic mass is 9.70. The molecule has 0 aromatic heterocycles. The first-order chi connectivity index (χ1) is 9.34. The maximum absolute atomic E-state index is 5.93. The molecule has 0 aromatic carbocycles. The zero-order valence-corrected chi connectivity index (χ0v) is 10.1. The van der Waals surface area contributed by atoms with Gasteiger partial charge in [-0.25, -0.2) is 0 Å². The van der Waals surface area contributed by atoms with Crippen molar-refractivity contribution in [2.45, 2.75) is 11.2 Å². The van der Waals surface area contributed by atoms with Gasteiger partial charge in [0.2, 0.25) is 5.60 Å². The highest BCUT2D eigenvalue weighted by atomic mass is 16.6. The fourth-order valence-electron chi connectivity index (χ4n) is 3.94. The highest BCUT2D eigenvalue weighted by Crippen LogP contribution is 2.65. The van der Waals surface area contributed by atoms with Crippen LogP contribution in [0.3, 0.4) is 0 Å². The van der Waals surface area contributed by atoms with E-state index < -0.39 is 0 Å². The molecule has 3 atom stereocenters. The van der Waals surface area contributed by atoms with Gasteiger partial charge in [0.25, 0.3) is 0 Å². The summed E-state index contributed by atoms with van der Waals surface area (Å²) in [5.74, 6) is 2.47. The van der Waals surface area contributed by atoms with Gasteiger partial charge in [-0.1, -0.05) is 36.5 Å². The number of hydrogen-bond donors (Lipinski definition) is 0. The Morgan fingerprint density at radius 1 is 1.00 bits per heavy atom. The molecule has 0 saturated carbocycles. The first kappa shape index (κ1) is 8.81. The summed E-state index contributed by atoms with van der Waals surface area (Å²) in [7, 11) is 0. The summed E-state index contributed by atoms with van der Waals surface area (Å²) in [6.45, 7) is 0. The Hall–Kier alpha value is -2.22. The van der Waals surface area contributed by atoms with Gasteiger partial charge in [0.05, 0.1) is 5.92 Å². The van der Waals surface area contributed by atoms with Crippen LogP contribution in [0.25, 0.3) is 0 Å². The van der Waals surface area contributed by atoms with E-state index in [0.29, 0.717) is 5.92 Å². The minimum Gasteiger partial charge on any atom is -0.474 e. The average molecular weight is 246 g/mol. The van der Waals surface area contributed by atoms with Crippen molar-refractivity contribution in [3.05, 3.63) is 82.9 Å². The third kappa shape index (κ3) is 0.737. The lowest BCUT2D eigenvalue weighted by Crippen LogP contribution is -2.31. The topological polar surface area (TPSA) is 25.1 Å². The second kappa shape index (κ2) is 2.29. The average Bonchev–Trinajstić information content (AvgIpc) is 3.30.